The van der Waals surface area contributed by atoms with Gasteiger partial charge in [0.25, 0.3) is 11.5 Å². The molecule has 0 bridgehead atoms. The molecule has 3 rings (SSSR count). The molecule has 8 nitrogen and oxygen atoms in total. The molecule has 0 unspecified atom stereocenters. The molecular formula is C23H22N4O4. The summed E-state index contributed by atoms with van der Waals surface area (Å²) < 4.78 is 5.20. The first-order valence-corrected chi connectivity index (χ1v) is 9.72. The molecule has 0 radical (unpaired) electrons. The third kappa shape index (κ3) is 5.08. The average molecular weight is 418 g/mol. The predicted octanol–water partition coefficient (Wildman–Crippen LogP) is 2.96. The van der Waals surface area contributed by atoms with Crippen LogP contribution >= 0.6 is 0 Å². The molecule has 31 heavy (non-hydrogen) atoms. The van der Waals surface area contributed by atoms with Crippen LogP contribution in [0.3, 0.4) is 0 Å². The third-order valence-corrected chi connectivity index (χ3v) is 4.97. The van der Waals surface area contributed by atoms with Crippen LogP contribution in [0.5, 0.6) is 0 Å². The van der Waals surface area contributed by atoms with E-state index in [2.05, 4.69) is 15.6 Å². The highest BCUT2D eigenvalue weighted by molar-refractivity contribution is 6.03. The zero-order valence-electron chi connectivity index (χ0n) is 17.2. The molecule has 0 saturated heterocycles. The molecule has 0 aliphatic rings. The maximum atomic E-state index is 12.6. The van der Waals surface area contributed by atoms with Crippen molar-refractivity contribution in [2.75, 3.05) is 5.32 Å². The number of pyridine rings is 1. The summed E-state index contributed by atoms with van der Waals surface area (Å²) in [6, 6.07) is 12.1. The van der Waals surface area contributed by atoms with Crippen LogP contribution in [0.25, 0.3) is 0 Å². The van der Waals surface area contributed by atoms with Crippen LogP contribution < -0.4 is 16.2 Å². The Morgan fingerprint density at radius 2 is 1.94 bits per heavy atom. The van der Waals surface area contributed by atoms with Crippen molar-refractivity contribution in [1.82, 2.24) is 10.3 Å². The van der Waals surface area contributed by atoms with E-state index in [1.165, 1.54) is 6.26 Å². The number of nitrogens with one attached hydrogen (secondary N) is 3. The van der Waals surface area contributed by atoms with Crippen LogP contribution in [0.1, 0.15) is 44.9 Å². The van der Waals surface area contributed by atoms with E-state index >= 15 is 0 Å². The van der Waals surface area contributed by atoms with Gasteiger partial charge in [-0.15, -0.1) is 0 Å². The van der Waals surface area contributed by atoms with Crippen LogP contribution in [0.2, 0.25) is 0 Å². The Balaban J connectivity index is 1.67. The van der Waals surface area contributed by atoms with Gasteiger partial charge in [-0.25, -0.2) is 0 Å². The largest absolute Gasteiger partial charge is 0.467 e. The summed E-state index contributed by atoms with van der Waals surface area (Å²) in [5.74, 6) is 0.00586. The molecule has 3 N–H and O–H groups in total. The Morgan fingerprint density at radius 1 is 1.16 bits per heavy atom. The van der Waals surface area contributed by atoms with Gasteiger partial charge in [0.2, 0.25) is 5.91 Å². The number of aryl methyl sites for hydroxylation is 1. The first kappa shape index (κ1) is 21.6. The number of aromatic nitrogens is 1. The van der Waals surface area contributed by atoms with Crippen molar-refractivity contribution in [3.05, 3.63) is 86.7 Å². The average Bonchev–Trinajstić information content (AvgIpc) is 3.26. The van der Waals surface area contributed by atoms with Crippen LogP contribution in [-0.2, 0) is 17.8 Å². The molecule has 0 fully saturated rings. The maximum absolute atomic E-state index is 12.6. The minimum atomic E-state index is -0.430. The van der Waals surface area contributed by atoms with Gasteiger partial charge in [0, 0.05) is 12.1 Å². The number of amides is 2. The first-order chi connectivity index (χ1) is 14.9. The molecule has 1 aromatic carbocycles. The fourth-order valence-corrected chi connectivity index (χ4v) is 3.34. The molecule has 2 aromatic heterocycles. The summed E-state index contributed by atoms with van der Waals surface area (Å²) in [7, 11) is 0. The quantitative estimate of drug-likeness (QED) is 0.543. The number of hydrogen-bond acceptors (Lipinski definition) is 5. The van der Waals surface area contributed by atoms with Gasteiger partial charge >= 0.3 is 0 Å². The number of aromatic amines is 1. The van der Waals surface area contributed by atoms with Gasteiger partial charge in [0.05, 0.1) is 24.1 Å². The zero-order chi connectivity index (χ0) is 22.4. The number of rotatable bonds is 7. The van der Waals surface area contributed by atoms with E-state index in [1.807, 2.05) is 6.07 Å². The predicted molar refractivity (Wildman–Crippen MR) is 115 cm³/mol. The third-order valence-electron chi connectivity index (χ3n) is 4.97. The summed E-state index contributed by atoms with van der Waals surface area (Å²) in [5.41, 5.74) is 2.33. The van der Waals surface area contributed by atoms with E-state index in [0.717, 1.165) is 5.56 Å². The summed E-state index contributed by atoms with van der Waals surface area (Å²) in [6.07, 6.45) is 2.00. The molecule has 158 valence electrons. The van der Waals surface area contributed by atoms with Gasteiger partial charge in [0.15, 0.2) is 0 Å². The number of furan rings is 1. The second kappa shape index (κ2) is 9.59. The van der Waals surface area contributed by atoms with Crippen molar-refractivity contribution < 1.29 is 14.0 Å². The number of nitriles is 1. The number of carbonyl (C=O) groups excluding carboxylic acids is 2. The molecule has 0 spiro atoms. The lowest BCUT2D eigenvalue weighted by atomic mass is 9.99. The lowest BCUT2D eigenvalue weighted by Gasteiger charge is -2.13. The summed E-state index contributed by atoms with van der Waals surface area (Å²) in [4.78, 5) is 39.6. The van der Waals surface area contributed by atoms with E-state index in [1.54, 1.807) is 50.2 Å². The highest BCUT2D eigenvalue weighted by atomic mass is 16.3. The van der Waals surface area contributed by atoms with E-state index in [0.29, 0.717) is 34.7 Å². The van der Waals surface area contributed by atoms with Crippen molar-refractivity contribution in [3.8, 4) is 6.07 Å². The standard InChI is InChI=1S/C23H22N4O4/c1-14-17(15(2)26-23(30)19(14)12-24)9-10-21(28)27-20-8-4-3-7-18(20)22(29)25-13-16-6-5-11-31-16/h3-8,11H,9-10,13H2,1-2H3,(H,25,29)(H,26,30)(H,27,28). The topological polar surface area (TPSA) is 128 Å². The number of benzene rings is 1. The molecule has 0 saturated carbocycles. The number of hydrogen-bond donors (Lipinski definition) is 3. The molecule has 2 amide bonds. The van der Waals surface area contributed by atoms with Crippen molar-refractivity contribution in [2.45, 2.75) is 33.2 Å². The molecule has 2 heterocycles. The molecule has 8 heteroatoms. The Labute approximate surface area is 178 Å². The molecule has 0 aliphatic carbocycles. The van der Waals surface area contributed by atoms with Gasteiger partial charge in [-0.2, -0.15) is 5.26 Å². The fraction of sp³-hybridized carbons (Fsp3) is 0.217. The van der Waals surface area contributed by atoms with Crippen molar-refractivity contribution >= 4 is 17.5 Å². The van der Waals surface area contributed by atoms with Gasteiger partial charge in [-0.05, 0) is 55.7 Å². The number of H-pyrrole nitrogens is 1. The second-order valence-electron chi connectivity index (χ2n) is 7.03. The Kier molecular flexibility index (Phi) is 6.67. The number of nitrogens with zero attached hydrogens (tertiary/aromatic N) is 1. The van der Waals surface area contributed by atoms with Gasteiger partial charge in [-0.1, -0.05) is 12.1 Å². The normalized spacial score (nSPS) is 10.4. The van der Waals surface area contributed by atoms with Crippen molar-refractivity contribution in [1.29, 1.82) is 5.26 Å². The second-order valence-corrected chi connectivity index (χ2v) is 7.03. The van der Waals surface area contributed by atoms with Crippen molar-refractivity contribution in [3.63, 3.8) is 0 Å². The minimum Gasteiger partial charge on any atom is -0.467 e. The smallest absolute Gasteiger partial charge is 0.266 e. The molecule has 3 aromatic rings. The van der Waals surface area contributed by atoms with E-state index < -0.39 is 5.56 Å². The summed E-state index contributed by atoms with van der Waals surface area (Å²) in [6.45, 7) is 3.67. The Hall–Kier alpha value is -4.12. The Morgan fingerprint density at radius 3 is 2.65 bits per heavy atom. The van der Waals surface area contributed by atoms with Crippen LogP contribution in [0, 0.1) is 25.2 Å². The lowest BCUT2D eigenvalue weighted by molar-refractivity contribution is -0.116. The summed E-state index contributed by atoms with van der Waals surface area (Å²) >= 11 is 0. The first-order valence-electron chi connectivity index (χ1n) is 9.72. The van der Waals surface area contributed by atoms with E-state index in [-0.39, 0.29) is 30.3 Å². The monoisotopic (exact) mass is 418 g/mol. The van der Waals surface area contributed by atoms with E-state index in [9.17, 15) is 19.6 Å². The highest BCUT2D eigenvalue weighted by Gasteiger charge is 2.16. The SMILES string of the molecule is Cc1[nH]c(=O)c(C#N)c(C)c1CCC(=O)Nc1ccccc1C(=O)NCc1ccco1. The number of para-hydroxylation sites is 1. The van der Waals surface area contributed by atoms with Crippen molar-refractivity contribution in [2.24, 2.45) is 0 Å². The Bertz CT molecular complexity index is 1200. The summed E-state index contributed by atoms with van der Waals surface area (Å²) in [5, 5.41) is 14.7. The fourth-order valence-electron chi connectivity index (χ4n) is 3.34. The van der Waals surface area contributed by atoms with Gasteiger partial charge < -0.3 is 20.0 Å². The number of anilines is 1. The van der Waals surface area contributed by atoms with Gasteiger partial charge in [0.1, 0.15) is 17.4 Å². The van der Waals surface area contributed by atoms with Crippen LogP contribution in [0.15, 0.2) is 51.9 Å². The van der Waals surface area contributed by atoms with Crippen LogP contribution in [0.4, 0.5) is 5.69 Å². The maximum Gasteiger partial charge on any atom is 0.266 e. The minimum absolute atomic E-state index is 0.0552. The zero-order valence-corrected chi connectivity index (χ0v) is 17.2. The van der Waals surface area contributed by atoms with Crippen LogP contribution in [-0.4, -0.2) is 16.8 Å². The number of carbonyl (C=O) groups is 2. The lowest BCUT2D eigenvalue weighted by Crippen LogP contribution is -2.25. The molecular weight excluding hydrogens is 396 g/mol. The van der Waals surface area contributed by atoms with E-state index in [4.69, 9.17) is 4.42 Å². The molecule has 0 aliphatic heterocycles. The highest BCUT2D eigenvalue weighted by Crippen LogP contribution is 2.18. The van der Waals surface area contributed by atoms with Gasteiger partial charge in [-0.3, -0.25) is 14.4 Å². The molecule has 0 atom stereocenters.